The van der Waals surface area contributed by atoms with Crippen LogP contribution in [0.3, 0.4) is 0 Å². The molecule has 0 saturated heterocycles. The lowest BCUT2D eigenvalue weighted by atomic mass is 10.2. The molecule has 1 aromatic carbocycles. The summed E-state index contributed by atoms with van der Waals surface area (Å²) in [5, 5.41) is 6.31. The minimum atomic E-state index is -0.213. The second-order valence-electron chi connectivity index (χ2n) is 5.45. The SMILES string of the molecule is CCNC(=NCc1ccccc1OCC)NCCC(=O)OC(C)C.I. The number of aliphatic imine (C=N–C) groups is 1. The van der Waals surface area contributed by atoms with Crippen molar-refractivity contribution in [3.05, 3.63) is 29.8 Å². The van der Waals surface area contributed by atoms with Crippen LogP contribution in [-0.2, 0) is 16.1 Å². The van der Waals surface area contributed by atoms with Crippen LogP contribution >= 0.6 is 24.0 Å². The van der Waals surface area contributed by atoms with Gasteiger partial charge in [-0.05, 0) is 33.8 Å². The van der Waals surface area contributed by atoms with Crippen LogP contribution in [0.4, 0.5) is 0 Å². The van der Waals surface area contributed by atoms with Crippen molar-refractivity contribution in [3.8, 4) is 5.75 Å². The number of hydrogen-bond donors (Lipinski definition) is 2. The lowest BCUT2D eigenvalue weighted by molar-refractivity contribution is -0.147. The predicted molar refractivity (Wildman–Crippen MR) is 112 cm³/mol. The molecule has 2 N–H and O–H groups in total. The molecule has 7 heteroatoms. The summed E-state index contributed by atoms with van der Waals surface area (Å²) < 4.78 is 10.7. The number of para-hydroxylation sites is 1. The number of nitrogens with one attached hydrogen (secondary N) is 2. The van der Waals surface area contributed by atoms with Crippen molar-refractivity contribution >= 4 is 35.9 Å². The van der Waals surface area contributed by atoms with Gasteiger partial charge in [-0.25, -0.2) is 4.99 Å². The minimum absolute atomic E-state index is 0. The van der Waals surface area contributed by atoms with E-state index in [9.17, 15) is 4.79 Å². The normalized spacial score (nSPS) is 10.8. The minimum Gasteiger partial charge on any atom is -0.494 e. The van der Waals surface area contributed by atoms with Crippen LogP contribution < -0.4 is 15.4 Å². The first-order chi connectivity index (χ1) is 11.6. The maximum absolute atomic E-state index is 11.5. The first-order valence-corrected chi connectivity index (χ1v) is 8.49. The second-order valence-corrected chi connectivity index (χ2v) is 5.45. The number of carbonyl (C=O) groups excluding carboxylic acids is 1. The number of benzene rings is 1. The van der Waals surface area contributed by atoms with Gasteiger partial charge in [0.25, 0.3) is 0 Å². The van der Waals surface area contributed by atoms with Gasteiger partial charge in [-0.15, -0.1) is 24.0 Å². The highest BCUT2D eigenvalue weighted by Gasteiger charge is 2.06. The Kier molecular flexibility index (Phi) is 12.9. The Morgan fingerprint density at radius 2 is 1.92 bits per heavy atom. The molecule has 0 aromatic heterocycles. The summed E-state index contributed by atoms with van der Waals surface area (Å²) in [5.74, 6) is 1.30. The van der Waals surface area contributed by atoms with E-state index >= 15 is 0 Å². The zero-order valence-electron chi connectivity index (χ0n) is 15.5. The smallest absolute Gasteiger partial charge is 0.307 e. The van der Waals surface area contributed by atoms with E-state index in [2.05, 4.69) is 15.6 Å². The molecule has 6 nitrogen and oxygen atoms in total. The Bertz CT molecular complexity index is 536. The van der Waals surface area contributed by atoms with Gasteiger partial charge in [0.15, 0.2) is 5.96 Å². The molecular formula is C18H30IN3O3. The van der Waals surface area contributed by atoms with Gasteiger partial charge >= 0.3 is 5.97 Å². The topological polar surface area (TPSA) is 72.0 Å². The van der Waals surface area contributed by atoms with E-state index in [4.69, 9.17) is 9.47 Å². The average molecular weight is 463 g/mol. The van der Waals surface area contributed by atoms with E-state index in [0.29, 0.717) is 32.1 Å². The maximum Gasteiger partial charge on any atom is 0.307 e. The van der Waals surface area contributed by atoms with Gasteiger partial charge in [-0.1, -0.05) is 18.2 Å². The van der Waals surface area contributed by atoms with Gasteiger partial charge in [0.1, 0.15) is 5.75 Å². The van der Waals surface area contributed by atoms with Crippen LogP contribution in [0.5, 0.6) is 5.75 Å². The van der Waals surface area contributed by atoms with Crippen molar-refractivity contribution in [2.75, 3.05) is 19.7 Å². The van der Waals surface area contributed by atoms with Gasteiger partial charge in [0, 0.05) is 18.7 Å². The summed E-state index contributed by atoms with van der Waals surface area (Å²) >= 11 is 0. The fraction of sp³-hybridized carbons (Fsp3) is 0.556. The fourth-order valence-electron chi connectivity index (χ4n) is 2.04. The highest BCUT2D eigenvalue weighted by molar-refractivity contribution is 14.0. The monoisotopic (exact) mass is 463 g/mol. The van der Waals surface area contributed by atoms with Crippen molar-refractivity contribution in [2.45, 2.75) is 46.8 Å². The first kappa shape index (κ1) is 23.5. The molecule has 1 rings (SSSR count). The highest BCUT2D eigenvalue weighted by Crippen LogP contribution is 2.18. The Hall–Kier alpha value is -1.51. The summed E-state index contributed by atoms with van der Waals surface area (Å²) in [6, 6.07) is 7.85. The Labute approximate surface area is 167 Å². The fourth-order valence-corrected chi connectivity index (χ4v) is 2.04. The molecule has 0 atom stereocenters. The molecule has 0 amide bonds. The number of ether oxygens (including phenoxy) is 2. The van der Waals surface area contributed by atoms with Crippen molar-refractivity contribution in [3.63, 3.8) is 0 Å². The Balaban J connectivity index is 0.00000576. The zero-order chi connectivity index (χ0) is 17.8. The number of halogens is 1. The molecule has 0 aliphatic carbocycles. The maximum atomic E-state index is 11.5. The summed E-state index contributed by atoms with van der Waals surface area (Å²) in [6.07, 6.45) is 0.215. The van der Waals surface area contributed by atoms with Crippen molar-refractivity contribution in [1.82, 2.24) is 10.6 Å². The van der Waals surface area contributed by atoms with Crippen LogP contribution in [0.2, 0.25) is 0 Å². The van der Waals surface area contributed by atoms with Crippen LogP contribution in [0.25, 0.3) is 0 Å². The highest BCUT2D eigenvalue weighted by atomic mass is 127. The molecule has 0 unspecified atom stereocenters. The first-order valence-electron chi connectivity index (χ1n) is 8.49. The predicted octanol–water partition coefficient (Wildman–Crippen LogP) is 3.10. The quantitative estimate of drug-likeness (QED) is 0.255. The van der Waals surface area contributed by atoms with Crippen molar-refractivity contribution in [1.29, 1.82) is 0 Å². The lowest BCUT2D eigenvalue weighted by Crippen LogP contribution is -2.38. The van der Waals surface area contributed by atoms with E-state index in [0.717, 1.165) is 17.9 Å². The number of esters is 1. The largest absolute Gasteiger partial charge is 0.494 e. The summed E-state index contributed by atoms with van der Waals surface area (Å²) in [5.41, 5.74) is 1.02. The molecule has 0 aliphatic heterocycles. The number of guanidine groups is 1. The van der Waals surface area contributed by atoms with Crippen LogP contribution in [0.1, 0.15) is 39.7 Å². The molecule has 25 heavy (non-hydrogen) atoms. The molecule has 0 radical (unpaired) electrons. The number of hydrogen-bond acceptors (Lipinski definition) is 4. The summed E-state index contributed by atoms with van der Waals surface area (Å²) in [4.78, 5) is 16.1. The van der Waals surface area contributed by atoms with Gasteiger partial charge < -0.3 is 20.1 Å². The number of nitrogens with zero attached hydrogens (tertiary/aromatic N) is 1. The third kappa shape index (κ3) is 10.2. The zero-order valence-corrected chi connectivity index (χ0v) is 17.8. The van der Waals surface area contributed by atoms with Crippen LogP contribution in [0, 0.1) is 0 Å². The van der Waals surface area contributed by atoms with Gasteiger partial charge in [-0.3, -0.25) is 4.79 Å². The van der Waals surface area contributed by atoms with Gasteiger partial charge in [0.05, 0.1) is 25.7 Å². The molecule has 0 fully saturated rings. The molecule has 0 bridgehead atoms. The average Bonchev–Trinajstić information content (AvgIpc) is 2.53. The molecule has 0 aliphatic rings. The van der Waals surface area contributed by atoms with Crippen LogP contribution in [-0.4, -0.2) is 37.7 Å². The lowest BCUT2D eigenvalue weighted by Gasteiger charge is -2.13. The molecule has 0 heterocycles. The molecule has 0 saturated carbocycles. The van der Waals surface area contributed by atoms with E-state index in [1.165, 1.54) is 0 Å². The second kappa shape index (κ2) is 13.7. The molecule has 1 aromatic rings. The summed E-state index contributed by atoms with van der Waals surface area (Å²) in [6.45, 7) is 9.98. The Morgan fingerprint density at radius 1 is 1.20 bits per heavy atom. The summed E-state index contributed by atoms with van der Waals surface area (Å²) in [7, 11) is 0. The number of carbonyl (C=O) groups is 1. The Morgan fingerprint density at radius 3 is 2.56 bits per heavy atom. The molecular weight excluding hydrogens is 433 g/mol. The van der Waals surface area contributed by atoms with E-state index in [1.54, 1.807) is 0 Å². The van der Waals surface area contributed by atoms with Crippen molar-refractivity contribution < 1.29 is 14.3 Å². The van der Waals surface area contributed by atoms with Crippen LogP contribution in [0.15, 0.2) is 29.3 Å². The molecule has 0 spiro atoms. The van der Waals surface area contributed by atoms with Gasteiger partial charge in [-0.2, -0.15) is 0 Å². The van der Waals surface area contributed by atoms with E-state index < -0.39 is 0 Å². The third-order valence-corrected chi connectivity index (χ3v) is 3.01. The van der Waals surface area contributed by atoms with E-state index in [-0.39, 0.29) is 36.0 Å². The van der Waals surface area contributed by atoms with E-state index in [1.807, 2.05) is 52.0 Å². The molecule has 142 valence electrons. The van der Waals surface area contributed by atoms with Gasteiger partial charge in [0.2, 0.25) is 0 Å². The van der Waals surface area contributed by atoms with Crippen molar-refractivity contribution in [2.24, 2.45) is 4.99 Å². The standard InChI is InChI=1S/C18H29N3O3.HI/c1-5-19-18(20-12-11-17(22)24-14(3)4)21-13-15-9-7-8-10-16(15)23-6-2;/h7-10,14H,5-6,11-13H2,1-4H3,(H2,19,20,21);1H. The number of rotatable bonds is 9. The third-order valence-electron chi connectivity index (χ3n) is 3.01.